The number of nitrogens with two attached hydrogens (primary N) is 1. The number of fused-ring (bicyclic) bond motifs is 1. The van der Waals surface area contributed by atoms with E-state index >= 15 is 0 Å². The van der Waals surface area contributed by atoms with Crippen molar-refractivity contribution in [3.05, 3.63) is 53.6 Å². The van der Waals surface area contributed by atoms with Gasteiger partial charge in [-0.05, 0) is 30.3 Å². The third kappa shape index (κ3) is 3.10. The number of benzene rings is 2. The van der Waals surface area contributed by atoms with Gasteiger partial charge in [0.05, 0.1) is 12.7 Å². The van der Waals surface area contributed by atoms with Gasteiger partial charge in [-0.3, -0.25) is 9.59 Å². The van der Waals surface area contributed by atoms with Crippen LogP contribution in [0, 0.1) is 0 Å². The summed E-state index contributed by atoms with van der Waals surface area (Å²) in [4.78, 5) is 23.0. The van der Waals surface area contributed by atoms with Crippen molar-refractivity contribution in [2.75, 3.05) is 13.7 Å². The van der Waals surface area contributed by atoms with Gasteiger partial charge in [0.2, 0.25) is 0 Å². The van der Waals surface area contributed by atoms with Gasteiger partial charge in [0.1, 0.15) is 5.75 Å². The highest BCUT2D eigenvalue weighted by Crippen LogP contribution is 2.34. The number of ether oxygens (including phenoxy) is 3. The lowest BCUT2D eigenvalue weighted by atomic mass is 10.1. The molecule has 0 saturated carbocycles. The Hall–Kier alpha value is -3.22. The Morgan fingerprint density at radius 1 is 1.25 bits per heavy atom. The first-order valence-electron chi connectivity index (χ1n) is 7.24. The van der Waals surface area contributed by atoms with E-state index in [4.69, 9.17) is 19.9 Å². The van der Waals surface area contributed by atoms with Crippen LogP contribution in [0.25, 0.3) is 0 Å². The van der Waals surface area contributed by atoms with Crippen molar-refractivity contribution >= 4 is 11.8 Å². The van der Waals surface area contributed by atoms with Gasteiger partial charge in [-0.2, -0.15) is 0 Å². The van der Waals surface area contributed by atoms with Gasteiger partial charge in [-0.15, -0.1) is 0 Å². The molecule has 0 aliphatic carbocycles. The molecule has 0 fully saturated rings. The third-order valence-electron chi connectivity index (χ3n) is 3.50. The standard InChI is InChI=1S/C17H16N2O5/c1-22-14-8-10(6-7-13(14)23-9-15(18)20)17-19-16(21)11-4-2-3-5-12(11)24-17/h2-8,17H,9H2,1H3,(H2,18,20)(H,19,21)/t17-/m1/s1. The van der Waals surface area contributed by atoms with Gasteiger partial charge >= 0.3 is 0 Å². The lowest BCUT2D eigenvalue weighted by molar-refractivity contribution is -0.119. The molecule has 0 radical (unpaired) electrons. The van der Waals surface area contributed by atoms with Gasteiger partial charge in [-0.1, -0.05) is 12.1 Å². The molecule has 0 saturated heterocycles. The monoisotopic (exact) mass is 328 g/mol. The number of carbonyl (C=O) groups is 2. The van der Waals surface area contributed by atoms with Crippen molar-refractivity contribution in [3.8, 4) is 17.2 Å². The second-order valence-electron chi connectivity index (χ2n) is 5.13. The zero-order chi connectivity index (χ0) is 17.1. The molecule has 1 heterocycles. The quantitative estimate of drug-likeness (QED) is 0.864. The first kappa shape index (κ1) is 15.7. The number of hydrogen-bond acceptors (Lipinski definition) is 5. The third-order valence-corrected chi connectivity index (χ3v) is 3.50. The largest absolute Gasteiger partial charge is 0.493 e. The maximum absolute atomic E-state index is 12.2. The number of methoxy groups -OCH3 is 1. The maximum Gasteiger partial charge on any atom is 0.258 e. The molecule has 3 rings (SSSR count). The van der Waals surface area contributed by atoms with E-state index in [0.717, 1.165) is 0 Å². The minimum absolute atomic E-state index is 0.213. The van der Waals surface area contributed by atoms with Gasteiger partial charge in [0.15, 0.2) is 24.3 Å². The summed E-state index contributed by atoms with van der Waals surface area (Å²) in [5.41, 5.74) is 6.24. The zero-order valence-corrected chi connectivity index (χ0v) is 12.9. The minimum Gasteiger partial charge on any atom is -0.493 e. The zero-order valence-electron chi connectivity index (χ0n) is 12.9. The maximum atomic E-state index is 12.2. The first-order chi connectivity index (χ1) is 11.6. The normalized spacial score (nSPS) is 15.7. The molecular formula is C17H16N2O5. The summed E-state index contributed by atoms with van der Waals surface area (Å²) >= 11 is 0. The van der Waals surface area contributed by atoms with E-state index in [9.17, 15) is 9.59 Å². The number of amides is 2. The second-order valence-corrected chi connectivity index (χ2v) is 5.13. The summed E-state index contributed by atoms with van der Waals surface area (Å²) in [5, 5.41) is 2.78. The number of para-hydroxylation sites is 1. The van der Waals surface area contributed by atoms with Crippen molar-refractivity contribution in [3.63, 3.8) is 0 Å². The van der Waals surface area contributed by atoms with E-state index in [1.165, 1.54) is 7.11 Å². The summed E-state index contributed by atoms with van der Waals surface area (Å²) in [6.45, 7) is -0.250. The van der Waals surface area contributed by atoms with Crippen molar-refractivity contribution < 1.29 is 23.8 Å². The van der Waals surface area contributed by atoms with Gasteiger partial charge in [-0.25, -0.2) is 0 Å². The fourth-order valence-corrected chi connectivity index (χ4v) is 2.38. The number of carbonyl (C=O) groups excluding carboxylic acids is 2. The fraction of sp³-hybridized carbons (Fsp3) is 0.176. The molecule has 0 bridgehead atoms. The summed E-state index contributed by atoms with van der Waals surface area (Å²) in [5.74, 6) is 0.503. The highest BCUT2D eigenvalue weighted by molar-refractivity contribution is 5.98. The van der Waals surface area contributed by atoms with Crippen LogP contribution in [0.2, 0.25) is 0 Å². The lowest BCUT2D eigenvalue weighted by Crippen LogP contribution is -2.36. The van der Waals surface area contributed by atoms with Crippen LogP contribution < -0.4 is 25.3 Å². The molecule has 2 aromatic carbocycles. The lowest BCUT2D eigenvalue weighted by Gasteiger charge is -2.27. The molecule has 1 atom stereocenters. The van der Waals surface area contributed by atoms with E-state index in [1.54, 1.807) is 42.5 Å². The van der Waals surface area contributed by atoms with Crippen molar-refractivity contribution in [2.45, 2.75) is 6.23 Å². The fourth-order valence-electron chi connectivity index (χ4n) is 2.38. The summed E-state index contributed by atoms with van der Waals surface area (Å²) in [7, 11) is 1.48. The molecule has 0 aromatic heterocycles. The molecule has 1 aliphatic heterocycles. The SMILES string of the molecule is COc1cc([C@@H]2NC(=O)c3ccccc3O2)ccc1OCC(N)=O. The van der Waals surface area contributed by atoms with Crippen LogP contribution in [0.4, 0.5) is 0 Å². The van der Waals surface area contributed by atoms with E-state index in [1.807, 2.05) is 0 Å². The van der Waals surface area contributed by atoms with Crippen LogP contribution in [-0.2, 0) is 4.79 Å². The van der Waals surface area contributed by atoms with E-state index in [2.05, 4.69) is 5.32 Å². The van der Waals surface area contributed by atoms with Gasteiger partial charge < -0.3 is 25.3 Å². The molecule has 2 aromatic rings. The molecule has 7 nitrogen and oxygen atoms in total. The van der Waals surface area contributed by atoms with Crippen molar-refractivity contribution in [1.29, 1.82) is 0 Å². The Morgan fingerprint density at radius 3 is 2.79 bits per heavy atom. The predicted molar refractivity (Wildman–Crippen MR) is 85.0 cm³/mol. The van der Waals surface area contributed by atoms with Gasteiger partial charge in [0, 0.05) is 5.56 Å². The Bertz CT molecular complexity index is 790. The average molecular weight is 328 g/mol. The molecule has 24 heavy (non-hydrogen) atoms. The van der Waals surface area contributed by atoms with E-state index < -0.39 is 12.1 Å². The molecule has 2 amide bonds. The number of rotatable bonds is 5. The Kier molecular flexibility index (Phi) is 4.24. The van der Waals surface area contributed by atoms with Crippen LogP contribution in [0.5, 0.6) is 17.2 Å². The number of nitrogens with one attached hydrogen (secondary N) is 1. The first-order valence-corrected chi connectivity index (χ1v) is 7.24. The van der Waals surface area contributed by atoms with E-state index in [-0.39, 0.29) is 12.5 Å². The minimum atomic E-state index is -0.647. The smallest absolute Gasteiger partial charge is 0.258 e. The van der Waals surface area contributed by atoms with Crippen LogP contribution in [-0.4, -0.2) is 25.5 Å². The topological polar surface area (TPSA) is 99.9 Å². The molecule has 3 N–H and O–H groups in total. The van der Waals surface area contributed by atoms with E-state index in [0.29, 0.717) is 28.4 Å². The summed E-state index contributed by atoms with van der Waals surface area (Å²) in [6, 6.07) is 12.0. The average Bonchev–Trinajstić information content (AvgIpc) is 2.59. The molecule has 1 aliphatic rings. The van der Waals surface area contributed by atoms with Crippen molar-refractivity contribution in [2.24, 2.45) is 5.73 Å². The molecule has 124 valence electrons. The van der Waals surface area contributed by atoms with Crippen LogP contribution in [0.15, 0.2) is 42.5 Å². The van der Waals surface area contributed by atoms with Crippen LogP contribution in [0.1, 0.15) is 22.1 Å². The Morgan fingerprint density at radius 2 is 2.04 bits per heavy atom. The number of primary amides is 1. The second kappa shape index (κ2) is 6.49. The Balaban J connectivity index is 1.85. The summed E-state index contributed by atoms with van der Waals surface area (Å²) in [6.07, 6.45) is -0.647. The highest BCUT2D eigenvalue weighted by atomic mass is 16.5. The number of hydrogen-bond donors (Lipinski definition) is 2. The molecule has 0 unspecified atom stereocenters. The van der Waals surface area contributed by atoms with Crippen LogP contribution >= 0.6 is 0 Å². The van der Waals surface area contributed by atoms with Crippen molar-refractivity contribution in [1.82, 2.24) is 5.32 Å². The molecule has 0 spiro atoms. The molecular weight excluding hydrogens is 312 g/mol. The Labute approximate surface area is 138 Å². The highest BCUT2D eigenvalue weighted by Gasteiger charge is 2.26. The summed E-state index contributed by atoms with van der Waals surface area (Å²) < 4.78 is 16.4. The molecule has 7 heteroatoms. The predicted octanol–water partition coefficient (Wildman–Crippen LogP) is 1.38. The van der Waals surface area contributed by atoms with Gasteiger partial charge in [0.25, 0.3) is 11.8 Å². The van der Waals surface area contributed by atoms with Crippen LogP contribution in [0.3, 0.4) is 0 Å².